The number of ether oxygens (including phenoxy) is 1. The van der Waals surface area contributed by atoms with Crippen LogP contribution in [0.15, 0.2) is 36.4 Å². The van der Waals surface area contributed by atoms with Gasteiger partial charge in [0.2, 0.25) is 0 Å². The Labute approximate surface area is 118 Å². The topological polar surface area (TPSA) is 46.6 Å². The smallest absolute Gasteiger partial charge is 0.254 e. The third kappa shape index (κ3) is 2.06. The van der Waals surface area contributed by atoms with E-state index in [-0.39, 0.29) is 24.0 Å². The maximum Gasteiger partial charge on any atom is 0.254 e. The number of benzene rings is 1. The van der Waals surface area contributed by atoms with Gasteiger partial charge in [-0.25, -0.2) is 0 Å². The first-order valence-electron chi connectivity index (χ1n) is 6.98. The van der Waals surface area contributed by atoms with Gasteiger partial charge in [0.25, 0.3) is 11.8 Å². The van der Waals surface area contributed by atoms with Gasteiger partial charge in [-0.1, -0.05) is 31.2 Å². The van der Waals surface area contributed by atoms with Gasteiger partial charge >= 0.3 is 0 Å². The summed E-state index contributed by atoms with van der Waals surface area (Å²) >= 11 is 0. The molecule has 0 spiro atoms. The molecule has 0 saturated heterocycles. The number of hydrogen-bond donors (Lipinski definition) is 0. The minimum Gasteiger partial charge on any atom is -0.373 e. The molecule has 1 aromatic rings. The summed E-state index contributed by atoms with van der Waals surface area (Å²) in [5, 5.41) is 0. The molecule has 2 amide bonds. The van der Waals surface area contributed by atoms with Crippen molar-refractivity contribution in [2.75, 3.05) is 6.61 Å². The zero-order valence-electron chi connectivity index (χ0n) is 11.4. The van der Waals surface area contributed by atoms with E-state index in [4.69, 9.17) is 4.74 Å². The van der Waals surface area contributed by atoms with Crippen molar-refractivity contribution < 1.29 is 14.3 Å². The van der Waals surface area contributed by atoms with Crippen LogP contribution in [0.3, 0.4) is 0 Å². The quantitative estimate of drug-likeness (QED) is 0.790. The molecule has 0 bridgehead atoms. The predicted molar refractivity (Wildman–Crippen MR) is 73.8 cm³/mol. The third-order valence-corrected chi connectivity index (χ3v) is 3.82. The third-order valence-electron chi connectivity index (χ3n) is 3.82. The van der Waals surface area contributed by atoms with Crippen molar-refractivity contribution in [2.45, 2.75) is 31.9 Å². The molecular weight excluding hydrogens is 254 g/mol. The first-order chi connectivity index (χ1) is 9.72. The lowest BCUT2D eigenvalue weighted by Crippen LogP contribution is -2.33. The highest BCUT2D eigenvalue weighted by Gasteiger charge is 2.40. The molecule has 1 aliphatic heterocycles. The highest BCUT2D eigenvalue weighted by Crippen LogP contribution is 2.44. The number of imide groups is 1. The summed E-state index contributed by atoms with van der Waals surface area (Å²) in [5.74, 6) is -0.461. The number of amides is 2. The Kier molecular flexibility index (Phi) is 3.40. The molecule has 104 valence electrons. The van der Waals surface area contributed by atoms with E-state index in [2.05, 4.69) is 6.92 Å². The Balaban J connectivity index is 1.91. The normalized spacial score (nSPS) is 24.6. The molecule has 0 aromatic heterocycles. The van der Waals surface area contributed by atoms with E-state index in [1.54, 1.807) is 0 Å². The fourth-order valence-electron chi connectivity index (χ4n) is 2.95. The Hall–Kier alpha value is -1.94. The van der Waals surface area contributed by atoms with Gasteiger partial charge in [0.05, 0.1) is 12.1 Å². The monoisotopic (exact) mass is 271 g/mol. The molecule has 2 atom stereocenters. The van der Waals surface area contributed by atoms with Crippen LogP contribution in [-0.2, 0) is 14.3 Å². The Morgan fingerprint density at radius 1 is 1.15 bits per heavy atom. The molecule has 1 aliphatic carbocycles. The van der Waals surface area contributed by atoms with Gasteiger partial charge in [-0.15, -0.1) is 0 Å². The molecule has 1 heterocycles. The fraction of sp³-hybridized carbons (Fsp3) is 0.375. The summed E-state index contributed by atoms with van der Waals surface area (Å²) in [6.07, 6.45) is 4.25. The molecule has 0 saturated carbocycles. The van der Waals surface area contributed by atoms with Crippen LogP contribution in [0.25, 0.3) is 0 Å². The Morgan fingerprint density at radius 3 is 2.45 bits per heavy atom. The Bertz CT molecular complexity index is 561. The fourth-order valence-corrected chi connectivity index (χ4v) is 2.95. The van der Waals surface area contributed by atoms with Crippen LogP contribution >= 0.6 is 0 Å². The number of carbonyl (C=O) groups is 2. The minimum absolute atomic E-state index is 0.0302. The minimum atomic E-state index is -0.231. The Morgan fingerprint density at radius 2 is 1.80 bits per heavy atom. The molecule has 0 radical (unpaired) electrons. The van der Waals surface area contributed by atoms with E-state index in [0.717, 1.165) is 17.5 Å². The van der Waals surface area contributed by atoms with Crippen molar-refractivity contribution in [3.63, 3.8) is 0 Å². The molecule has 0 N–H and O–H groups in total. The van der Waals surface area contributed by atoms with Gasteiger partial charge in [0.15, 0.2) is 0 Å². The maximum atomic E-state index is 11.9. The standard InChI is InChI=1S/C16H17NO3/c1-2-9-20-14-10-13(11-5-3-4-6-12(11)14)17-15(18)7-8-16(17)19/h3-8,13-14H,2,9-10H2,1H3/t13-,14-/m0/s1. The molecule has 20 heavy (non-hydrogen) atoms. The number of hydrogen-bond acceptors (Lipinski definition) is 3. The number of fused-ring (bicyclic) bond motifs is 1. The van der Waals surface area contributed by atoms with Crippen LogP contribution in [0.2, 0.25) is 0 Å². The van der Waals surface area contributed by atoms with Gasteiger partial charge in [-0.2, -0.15) is 0 Å². The molecule has 0 fully saturated rings. The molecule has 3 rings (SSSR count). The average Bonchev–Trinajstić information content (AvgIpc) is 2.98. The zero-order chi connectivity index (χ0) is 14.1. The molecule has 4 nitrogen and oxygen atoms in total. The average molecular weight is 271 g/mol. The van der Waals surface area contributed by atoms with E-state index in [1.807, 2.05) is 24.3 Å². The summed E-state index contributed by atoms with van der Waals surface area (Å²) in [6, 6.07) is 7.70. The van der Waals surface area contributed by atoms with Gasteiger partial charge in [0, 0.05) is 25.2 Å². The van der Waals surface area contributed by atoms with Crippen LogP contribution in [0.4, 0.5) is 0 Å². The number of rotatable bonds is 4. The van der Waals surface area contributed by atoms with Gasteiger partial charge in [0.1, 0.15) is 0 Å². The molecule has 4 heteroatoms. The highest BCUT2D eigenvalue weighted by molar-refractivity contribution is 6.13. The molecule has 1 aromatic carbocycles. The van der Waals surface area contributed by atoms with Crippen molar-refractivity contribution >= 4 is 11.8 Å². The summed E-state index contributed by atoms with van der Waals surface area (Å²) in [5.41, 5.74) is 2.12. The van der Waals surface area contributed by atoms with E-state index >= 15 is 0 Å². The molecular formula is C16H17NO3. The van der Waals surface area contributed by atoms with E-state index in [9.17, 15) is 9.59 Å². The summed E-state index contributed by atoms with van der Waals surface area (Å²) in [7, 11) is 0. The SMILES string of the molecule is CCCO[C@H]1C[C@H](N2C(=O)C=CC2=O)c2ccccc21. The van der Waals surface area contributed by atoms with Gasteiger partial charge < -0.3 is 4.74 Å². The number of carbonyl (C=O) groups excluding carboxylic acids is 2. The van der Waals surface area contributed by atoms with Crippen LogP contribution < -0.4 is 0 Å². The second kappa shape index (κ2) is 5.21. The lowest BCUT2D eigenvalue weighted by Gasteiger charge is -2.23. The number of nitrogens with zero attached hydrogens (tertiary/aromatic N) is 1. The van der Waals surface area contributed by atoms with E-state index in [1.165, 1.54) is 17.1 Å². The highest BCUT2D eigenvalue weighted by atomic mass is 16.5. The van der Waals surface area contributed by atoms with Gasteiger partial charge in [-0.05, 0) is 17.5 Å². The van der Waals surface area contributed by atoms with Crippen molar-refractivity contribution in [1.29, 1.82) is 0 Å². The van der Waals surface area contributed by atoms with Crippen LogP contribution in [0.1, 0.15) is 43.0 Å². The molecule has 0 unspecified atom stereocenters. The second-order valence-corrected chi connectivity index (χ2v) is 5.12. The van der Waals surface area contributed by atoms with Crippen molar-refractivity contribution in [2.24, 2.45) is 0 Å². The van der Waals surface area contributed by atoms with Crippen molar-refractivity contribution in [3.05, 3.63) is 47.5 Å². The first-order valence-corrected chi connectivity index (χ1v) is 6.98. The van der Waals surface area contributed by atoms with Crippen molar-refractivity contribution in [3.8, 4) is 0 Å². The maximum absolute atomic E-state index is 11.9. The summed E-state index contributed by atoms with van der Waals surface area (Å²) in [6.45, 7) is 2.75. The predicted octanol–water partition coefficient (Wildman–Crippen LogP) is 2.52. The van der Waals surface area contributed by atoms with E-state index < -0.39 is 0 Å². The zero-order valence-corrected chi connectivity index (χ0v) is 11.4. The van der Waals surface area contributed by atoms with Crippen LogP contribution in [-0.4, -0.2) is 23.3 Å². The first kappa shape index (κ1) is 13.1. The second-order valence-electron chi connectivity index (χ2n) is 5.12. The molecule has 2 aliphatic rings. The van der Waals surface area contributed by atoms with Gasteiger partial charge in [-0.3, -0.25) is 14.5 Å². The summed E-state index contributed by atoms with van der Waals surface area (Å²) < 4.78 is 5.87. The van der Waals surface area contributed by atoms with E-state index in [0.29, 0.717) is 13.0 Å². The largest absolute Gasteiger partial charge is 0.373 e. The lowest BCUT2D eigenvalue weighted by atomic mass is 10.1. The summed E-state index contributed by atoms with van der Waals surface area (Å²) in [4.78, 5) is 25.1. The van der Waals surface area contributed by atoms with Crippen molar-refractivity contribution in [1.82, 2.24) is 4.90 Å². The van der Waals surface area contributed by atoms with Crippen LogP contribution in [0, 0.1) is 0 Å². The lowest BCUT2D eigenvalue weighted by molar-refractivity contribution is -0.140. The van der Waals surface area contributed by atoms with Crippen LogP contribution in [0.5, 0.6) is 0 Å².